The third kappa shape index (κ3) is 4.38. The number of nitrogens with one attached hydrogen (secondary N) is 1. The molecule has 1 saturated carbocycles. The molecule has 0 saturated heterocycles. The van der Waals surface area contributed by atoms with Crippen molar-refractivity contribution in [3.63, 3.8) is 0 Å². The summed E-state index contributed by atoms with van der Waals surface area (Å²) in [5, 5.41) is 14.0. The van der Waals surface area contributed by atoms with Crippen LogP contribution in [0.15, 0.2) is 24.3 Å². The van der Waals surface area contributed by atoms with Crippen LogP contribution < -0.4 is 11.1 Å². The molecule has 1 aromatic heterocycles. The van der Waals surface area contributed by atoms with Gasteiger partial charge in [0, 0.05) is 12.2 Å². The second-order valence-corrected chi connectivity index (χ2v) is 7.60. The van der Waals surface area contributed by atoms with Crippen molar-refractivity contribution in [2.75, 3.05) is 17.6 Å². The number of carbonyl (C=O) groups is 2. The SMILES string of the molecule is CCCN(C(=O)Cn1nnnc1N)C1(C(=O)Nc2ccccc2C)CCCCC1. The topological polar surface area (TPSA) is 119 Å². The van der Waals surface area contributed by atoms with Crippen LogP contribution in [-0.2, 0) is 16.1 Å². The third-order valence-electron chi connectivity index (χ3n) is 5.61. The number of benzene rings is 1. The molecule has 0 atom stereocenters. The van der Waals surface area contributed by atoms with E-state index in [1.807, 2.05) is 38.1 Å². The number of rotatable bonds is 7. The summed E-state index contributed by atoms with van der Waals surface area (Å²) >= 11 is 0. The van der Waals surface area contributed by atoms with Crippen LogP contribution in [0.1, 0.15) is 51.0 Å². The molecule has 29 heavy (non-hydrogen) atoms. The van der Waals surface area contributed by atoms with Crippen molar-refractivity contribution in [3.8, 4) is 0 Å². The van der Waals surface area contributed by atoms with Gasteiger partial charge in [-0.05, 0) is 48.2 Å². The number of tetrazole rings is 1. The average molecular weight is 399 g/mol. The first-order chi connectivity index (χ1) is 14.0. The zero-order chi connectivity index (χ0) is 20.9. The van der Waals surface area contributed by atoms with Gasteiger partial charge in [0.15, 0.2) is 0 Å². The Bertz CT molecular complexity index is 858. The Morgan fingerprint density at radius 3 is 2.59 bits per heavy atom. The first-order valence-corrected chi connectivity index (χ1v) is 10.2. The molecule has 1 aromatic carbocycles. The molecule has 1 heterocycles. The molecular weight excluding hydrogens is 370 g/mol. The number of aromatic nitrogens is 4. The van der Waals surface area contributed by atoms with Crippen molar-refractivity contribution in [3.05, 3.63) is 29.8 Å². The van der Waals surface area contributed by atoms with Crippen molar-refractivity contribution >= 4 is 23.5 Å². The van der Waals surface area contributed by atoms with E-state index >= 15 is 0 Å². The predicted octanol–water partition coefficient (Wildman–Crippen LogP) is 2.14. The fourth-order valence-electron chi connectivity index (χ4n) is 4.05. The highest BCUT2D eigenvalue weighted by Gasteiger charge is 2.46. The lowest BCUT2D eigenvalue weighted by Gasteiger charge is -2.45. The predicted molar refractivity (Wildman–Crippen MR) is 110 cm³/mol. The maximum absolute atomic E-state index is 13.6. The Labute approximate surface area is 170 Å². The van der Waals surface area contributed by atoms with Crippen molar-refractivity contribution in [2.45, 2.75) is 64.5 Å². The highest BCUT2D eigenvalue weighted by atomic mass is 16.2. The van der Waals surface area contributed by atoms with Gasteiger partial charge in [-0.15, -0.1) is 0 Å². The van der Waals surface area contributed by atoms with Gasteiger partial charge in [0.2, 0.25) is 17.8 Å². The monoisotopic (exact) mass is 399 g/mol. The number of nitrogens with zero attached hydrogens (tertiary/aromatic N) is 5. The van der Waals surface area contributed by atoms with Gasteiger partial charge in [-0.2, -0.15) is 0 Å². The van der Waals surface area contributed by atoms with Gasteiger partial charge in [0.1, 0.15) is 12.1 Å². The number of nitrogen functional groups attached to an aromatic ring is 1. The number of anilines is 2. The fourth-order valence-corrected chi connectivity index (χ4v) is 4.05. The lowest BCUT2D eigenvalue weighted by molar-refractivity contribution is -0.148. The molecule has 3 N–H and O–H groups in total. The lowest BCUT2D eigenvalue weighted by atomic mass is 9.79. The average Bonchev–Trinajstić information content (AvgIpc) is 3.12. The van der Waals surface area contributed by atoms with Crippen LogP contribution in [0.5, 0.6) is 0 Å². The summed E-state index contributed by atoms with van der Waals surface area (Å²) in [6.07, 6.45) is 4.90. The molecule has 2 amide bonds. The van der Waals surface area contributed by atoms with E-state index in [0.717, 1.165) is 36.9 Å². The standard InChI is InChI=1S/C20H29N7O2/c1-3-13-26(17(28)14-27-19(21)23-24-25-27)20(11-7-4-8-12-20)18(29)22-16-10-6-5-9-15(16)2/h5-6,9-10H,3-4,7-8,11-14H2,1-2H3,(H,22,29)(H2,21,23,25). The van der Waals surface area contributed by atoms with Gasteiger partial charge >= 0.3 is 0 Å². The number of para-hydroxylation sites is 1. The van der Waals surface area contributed by atoms with Gasteiger partial charge < -0.3 is 16.0 Å². The Kier molecular flexibility index (Phi) is 6.46. The van der Waals surface area contributed by atoms with Crippen LogP contribution in [0, 0.1) is 6.92 Å². The molecule has 0 radical (unpaired) electrons. The van der Waals surface area contributed by atoms with Gasteiger partial charge in [0.05, 0.1) is 0 Å². The Morgan fingerprint density at radius 2 is 1.97 bits per heavy atom. The summed E-state index contributed by atoms with van der Waals surface area (Å²) in [5.41, 5.74) is 6.61. The van der Waals surface area contributed by atoms with E-state index in [1.54, 1.807) is 4.90 Å². The summed E-state index contributed by atoms with van der Waals surface area (Å²) in [4.78, 5) is 28.5. The first kappa shape index (κ1) is 20.8. The summed E-state index contributed by atoms with van der Waals surface area (Å²) in [6, 6.07) is 7.67. The molecule has 0 aliphatic heterocycles. The highest BCUT2D eigenvalue weighted by molar-refractivity contribution is 6.01. The molecule has 1 aliphatic rings. The van der Waals surface area contributed by atoms with Gasteiger partial charge in [-0.3, -0.25) is 9.59 Å². The van der Waals surface area contributed by atoms with E-state index in [0.29, 0.717) is 19.4 Å². The Hall–Kier alpha value is -2.97. The lowest BCUT2D eigenvalue weighted by Crippen LogP contribution is -2.60. The largest absolute Gasteiger partial charge is 0.367 e. The smallest absolute Gasteiger partial charge is 0.250 e. The third-order valence-corrected chi connectivity index (χ3v) is 5.61. The zero-order valence-electron chi connectivity index (χ0n) is 17.1. The van der Waals surface area contributed by atoms with E-state index in [2.05, 4.69) is 20.8 Å². The molecule has 1 aliphatic carbocycles. The zero-order valence-corrected chi connectivity index (χ0v) is 17.1. The number of carbonyl (C=O) groups excluding carboxylic acids is 2. The van der Waals surface area contributed by atoms with Crippen LogP contribution in [-0.4, -0.2) is 49.0 Å². The molecule has 3 rings (SSSR count). The molecule has 0 unspecified atom stereocenters. The normalized spacial score (nSPS) is 15.7. The van der Waals surface area contributed by atoms with Gasteiger partial charge in [-0.1, -0.05) is 49.5 Å². The van der Waals surface area contributed by atoms with E-state index in [4.69, 9.17) is 5.73 Å². The first-order valence-electron chi connectivity index (χ1n) is 10.2. The summed E-state index contributed by atoms with van der Waals surface area (Å²) in [5.74, 6) is -0.248. The van der Waals surface area contributed by atoms with Gasteiger partial charge in [-0.25, -0.2) is 4.68 Å². The minimum Gasteiger partial charge on any atom is -0.367 e. The molecule has 1 fully saturated rings. The molecule has 9 nitrogen and oxygen atoms in total. The second-order valence-electron chi connectivity index (χ2n) is 7.60. The van der Waals surface area contributed by atoms with E-state index < -0.39 is 5.54 Å². The van der Waals surface area contributed by atoms with E-state index in [9.17, 15) is 9.59 Å². The van der Waals surface area contributed by atoms with Crippen molar-refractivity contribution < 1.29 is 9.59 Å². The minimum absolute atomic E-state index is 0.0804. The minimum atomic E-state index is -0.879. The number of hydrogen-bond acceptors (Lipinski definition) is 6. The maximum Gasteiger partial charge on any atom is 0.250 e. The fraction of sp³-hybridized carbons (Fsp3) is 0.550. The van der Waals surface area contributed by atoms with Crippen molar-refractivity contribution in [2.24, 2.45) is 0 Å². The van der Waals surface area contributed by atoms with Crippen LogP contribution in [0.25, 0.3) is 0 Å². The molecule has 0 spiro atoms. The van der Waals surface area contributed by atoms with Crippen LogP contribution in [0.4, 0.5) is 11.6 Å². The molecular formula is C20H29N7O2. The molecule has 156 valence electrons. The second kappa shape index (κ2) is 9.02. The Balaban J connectivity index is 1.90. The van der Waals surface area contributed by atoms with Crippen LogP contribution >= 0.6 is 0 Å². The quantitative estimate of drug-likeness (QED) is 0.736. The number of nitrogens with two attached hydrogens (primary N) is 1. The number of hydrogen-bond donors (Lipinski definition) is 2. The van der Waals surface area contributed by atoms with E-state index in [-0.39, 0.29) is 24.3 Å². The maximum atomic E-state index is 13.6. The number of amides is 2. The summed E-state index contributed by atoms with van der Waals surface area (Å²) in [7, 11) is 0. The van der Waals surface area contributed by atoms with Gasteiger partial charge in [0.25, 0.3) is 0 Å². The van der Waals surface area contributed by atoms with Crippen LogP contribution in [0.3, 0.4) is 0 Å². The highest BCUT2D eigenvalue weighted by Crippen LogP contribution is 2.36. The summed E-state index contributed by atoms with van der Waals surface area (Å²) < 4.78 is 1.26. The summed E-state index contributed by atoms with van der Waals surface area (Å²) in [6.45, 7) is 4.36. The molecule has 2 aromatic rings. The molecule has 0 bridgehead atoms. The van der Waals surface area contributed by atoms with Crippen LogP contribution in [0.2, 0.25) is 0 Å². The number of aryl methyl sites for hydroxylation is 1. The van der Waals surface area contributed by atoms with E-state index in [1.165, 1.54) is 4.68 Å². The molecule has 9 heteroatoms. The van der Waals surface area contributed by atoms with Crippen molar-refractivity contribution in [1.29, 1.82) is 0 Å². The van der Waals surface area contributed by atoms with Crippen molar-refractivity contribution in [1.82, 2.24) is 25.1 Å². The Morgan fingerprint density at radius 1 is 1.24 bits per heavy atom.